The summed E-state index contributed by atoms with van der Waals surface area (Å²) in [7, 11) is 1.01. The van der Waals surface area contributed by atoms with Crippen molar-refractivity contribution in [3.05, 3.63) is 46.5 Å². The molecule has 2 N–H and O–H groups in total. The lowest BCUT2D eigenvalue weighted by molar-refractivity contribution is -0.149. The van der Waals surface area contributed by atoms with Gasteiger partial charge in [0.2, 0.25) is 0 Å². The fourth-order valence-electron chi connectivity index (χ4n) is 6.20. The lowest BCUT2D eigenvalue weighted by Crippen LogP contribution is -2.47. The van der Waals surface area contributed by atoms with E-state index in [1.165, 1.54) is 25.1 Å². The monoisotopic (exact) mass is 468 g/mol. The van der Waals surface area contributed by atoms with Crippen LogP contribution in [0.15, 0.2) is 35.4 Å². The smallest absolute Gasteiger partial charge is 0.423 e. The molecule has 4 aliphatic rings. The van der Waals surface area contributed by atoms with E-state index in [0.717, 1.165) is 51.7 Å². The number of esters is 1. The molecule has 6 nitrogen and oxygen atoms in total. The van der Waals surface area contributed by atoms with Crippen molar-refractivity contribution in [2.45, 2.75) is 51.6 Å². The lowest BCUT2D eigenvalue weighted by atomic mass is 9.47. The molecule has 33 heavy (non-hydrogen) atoms. The Kier molecular flexibility index (Phi) is 6.91. The Balaban J connectivity index is 0.000000218. The summed E-state index contributed by atoms with van der Waals surface area (Å²) < 4.78 is 44.4. The number of hydrogen-bond donors (Lipinski definition) is 2. The second-order valence-electron chi connectivity index (χ2n) is 9.38. The van der Waals surface area contributed by atoms with Crippen LogP contribution < -0.4 is 0 Å². The third-order valence-corrected chi connectivity index (χ3v) is 7.24. The van der Waals surface area contributed by atoms with Crippen LogP contribution in [0.5, 0.6) is 0 Å². The van der Waals surface area contributed by atoms with Gasteiger partial charge in [-0.05, 0) is 92.4 Å². The largest absolute Gasteiger partial charge is 0.478 e. The van der Waals surface area contributed by atoms with E-state index in [-0.39, 0.29) is 16.7 Å². The van der Waals surface area contributed by atoms with Crippen LogP contribution in [-0.2, 0) is 9.53 Å². The summed E-state index contributed by atoms with van der Waals surface area (Å²) in [4.78, 5) is 32.5. The Labute approximate surface area is 189 Å². The van der Waals surface area contributed by atoms with Gasteiger partial charge in [0.15, 0.2) is 0 Å². The number of ether oxygens (including phenoxy) is 1. The van der Waals surface area contributed by atoms with Crippen molar-refractivity contribution in [3.63, 3.8) is 0 Å². The Morgan fingerprint density at radius 3 is 1.70 bits per heavy atom. The predicted octanol–water partition coefficient (Wildman–Crippen LogP) is 5.34. The van der Waals surface area contributed by atoms with Gasteiger partial charge in [-0.2, -0.15) is 13.2 Å². The molecule has 0 saturated heterocycles. The third kappa shape index (κ3) is 5.23. The van der Waals surface area contributed by atoms with Crippen LogP contribution in [-0.4, -0.2) is 41.4 Å². The standard InChI is InChI=1S/C16H21F3O2.C8H6O4/c1-9(13(14(20)21-2)16(17,18)19)15-6-10-3-11(7-15)5-12(4-10)8-15;9-7(10)5-2-1-3-6(4-5)8(11)12/h10-12H,3-8H2,1-2H3;1-4H,(H,9,10)(H,11,12). The van der Waals surface area contributed by atoms with Gasteiger partial charge in [0, 0.05) is 0 Å². The van der Waals surface area contributed by atoms with Crippen LogP contribution in [0.2, 0.25) is 0 Å². The van der Waals surface area contributed by atoms with E-state index >= 15 is 0 Å². The van der Waals surface area contributed by atoms with Gasteiger partial charge in [-0.15, -0.1) is 0 Å². The number of carbonyl (C=O) groups is 3. The first-order chi connectivity index (χ1) is 15.4. The number of alkyl halides is 3. The van der Waals surface area contributed by atoms with Crippen molar-refractivity contribution in [1.82, 2.24) is 0 Å². The number of halogens is 3. The van der Waals surface area contributed by atoms with Crippen molar-refractivity contribution in [2.75, 3.05) is 7.11 Å². The van der Waals surface area contributed by atoms with Crippen LogP contribution in [0.3, 0.4) is 0 Å². The molecule has 4 fully saturated rings. The highest BCUT2D eigenvalue weighted by atomic mass is 19.4. The molecule has 0 aliphatic heterocycles. The number of aromatic carboxylic acids is 2. The SMILES string of the molecule is COC(=O)C(=C(C)C12CC3CC(CC(C3)C1)C2)C(F)(F)F.O=C(O)c1cccc(C(=O)O)c1. The van der Waals surface area contributed by atoms with Crippen molar-refractivity contribution in [2.24, 2.45) is 23.2 Å². The minimum atomic E-state index is -4.64. The van der Waals surface area contributed by atoms with Gasteiger partial charge in [0.05, 0.1) is 18.2 Å². The molecule has 180 valence electrons. The number of rotatable bonds is 4. The molecule has 1 aromatic rings. The predicted molar refractivity (Wildman–Crippen MR) is 112 cm³/mol. The molecule has 0 aromatic heterocycles. The Bertz CT molecular complexity index is 914. The number of carboxylic acids is 2. The molecular weight excluding hydrogens is 441 g/mol. The maximum Gasteiger partial charge on any atom is 0.423 e. The first-order valence-electron chi connectivity index (χ1n) is 10.8. The maximum absolute atomic E-state index is 13.3. The van der Waals surface area contributed by atoms with E-state index in [0.29, 0.717) is 17.8 Å². The van der Waals surface area contributed by atoms with E-state index in [1.807, 2.05) is 0 Å². The molecule has 4 bridgehead atoms. The van der Waals surface area contributed by atoms with Gasteiger partial charge >= 0.3 is 24.1 Å². The van der Waals surface area contributed by atoms with Gasteiger partial charge in [-0.25, -0.2) is 14.4 Å². The number of allylic oxidation sites excluding steroid dienone is 1. The maximum atomic E-state index is 13.3. The highest BCUT2D eigenvalue weighted by molar-refractivity contribution is 5.93. The van der Waals surface area contributed by atoms with E-state index in [4.69, 9.17) is 10.2 Å². The minimum Gasteiger partial charge on any atom is -0.478 e. The second kappa shape index (κ2) is 9.19. The summed E-state index contributed by atoms with van der Waals surface area (Å²) in [5.41, 5.74) is -1.30. The summed E-state index contributed by atoms with van der Waals surface area (Å²) in [6.45, 7) is 1.51. The zero-order valence-electron chi connectivity index (χ0n) is 18.4. The van der Waals surface area contributed by atoms with Gasteiger partial charge in [-0.3, -0.25) is 0 Å². The summed E-state index contributed by atoms with van der Waals surface area (Å²) in [5.74, 6) is -1.87. The van der Waals surface area contributed by atoms with E-state index in [1.54, 1.807) is 0 Å². The number of methoxy groups -OCH3 is 1. The minimum absolute atomic E-state index is 0.0186. The highest BCUT2D eigenvalue weighted by Crippen LogP contribution is 2.63. The number of benzene rings is 1. The van der Waals surface area contributed by atoms with Crippen molar-refractivity contribution < 1.29 is 42.5 Å². The molecule has 5 rings (SSSR count). The average Bonchev–Trinajstić information content (AvgIpc) is 2.72. The first-order valence-corrected chi connectivity index (χ1v) is 10.8. The Hall–Kier alpha value is -2.84. The molecule has 0 heterocycles. The molecule has 9 heteroatoms. The summed E-state index contributed by atoms with van der Waals surface area (Å²) in [5, 5.41) is 17.0. The first kappa shape index (κ1) is 24.8. The summed E-state index contributed by atoms with van der Waals surface area (Å²) in [6, 6.07) is 5.20. The Morgan fingerprint density at radius 1 is 0.939 bits per heavy atom. The Morgan fingerprint density at radius 2 is 1.36 bits per heavy atom. The molecule has 4 saturated carbocycles. The summed E-state index contributed by atoms with van der Waals surface area (Å²) in [6.07, 6.45) is 1.26. The normalized spacial score (nSPS) is 28.3. The van der Waals surface area contributed by atoms with Crippen LogP contribution in [0.1, 0.15) is 66.2 Å². The zero-order valence-corrected chi connectivity index (χ0v) is 18.4. The zero-order chi connectivity index (χ0) is 24.6. The van der Waals surface area contributed by atoms with Crippen molar-refractivity contribution in [1.29, 1.82) is 0 Å². The highest BCUT2D eigenvalue weighted by Gasteiger charge is 2.54. The number of carboxylic acid groups (broad SMARTS) is 2. The van der Waals surface area contributed by atoms with Gasteiger partial charge in [0.25, 0.3) is 0 Å². The molecule has 0 unspecified atom stereocenters. The number of hydrogen-bond acceptors (Lipinski definition) is 4. The van der Waals surface area contributed by atoms with Gasteiger partial charge < -0.3 is 14.9 Å². The number of carbonyl (C=O) groups excluding carboxylic acids is 1. The molecule has 4 aliphatic carbocycles. The third-order valence-electron chi connectivity index (χ3n) is 7.24. The fourth-order valence-corrected chi connectivity index (χ4v) is 6.20. The molecule has 0 spiro atoms. The van der Waals surface area contributed by atoms with Crippen LogP contribution in [0.25, 0.3) is 0 Å². The molecular formula is C24H27F3O6. The fraction of sp³-hybridized carbons (Fsp3) is 0.542. The quantitative estimate of drug-likeness (QED) is 0.457. The lowest BCUT2D eigenvalue weighted by Gasteiger charge is -2.57. The van der Waals surface area contributed by atoms with E-state index in [9.17, 15) is 27.6 Å². The van der Waals surface area contributed by atoms with Crippen molar-refractivity contribution >= 4 is 17.9 Å². The van der Waals surface area contributed by atoms with Crippen LogP contribution >= 0.6 is 0 Å². The van der Waals surface area contributed by atoms with Crippen LogP contribution in [0, 0.1) is 23.2 Å². The van der Waals surface area contributed by atoms with E-state index < -0.39 is 35.1 Å². The summed E-state index contributed by atoms with van der Waals surface area (Å²) >= 11 is 0. The molecule has 0 atom stereocenters. The average molecular weight is 468 g/mol. The van der Waals surface area contributed by atoms with Gasteiger partial charge in [0.1, 0.15) is 5.57 Å². The molecule has 1 aromatic carbocycles. The molecule has 0 amide bonds. The van der Waals surface area contributed by atoms with Crippen molar-refractivity contribution in [3.8, 4) is 0 Å². The molecule has 0 radical (unpaired) electrons. The van der Waals surface area contributed by atoms with Crippen LogP contribution in [0.4, 0.5) is 13.2 Å². The second-order valence-corrected chi connectivity index (χ2v) is 9.38. The van der Waals surface area contributed by atoms with E-state index in [2.05, 4.69) is 4.74 Å². The van der Waals surface area contributed by atoms with Gasteiger partial charge in [-0.1, -0.05) is 6.07 Å². The topological polar surface area (TPSA) is 101 Å².